The summed E-state index contributed by atoms with van der Waals surface area (Å²) in [4.78, 5) is 10.7. The minimum Gasteiger partial charge on any atom is -0.481 e. The summed E-state index contributed by atoms with van der Waals surface area (Å²) in [5.41, 5.74) is -0.939. The van der Waals surface area contributed by atoms with Gasteiger partial charge in [-0.15, -0.1) is 0 Å². The van der Waals surface area contributed by atoms with Crippen molar-refractivity contribution in [2.45, 2.75) is 18.9 Å². The smallest absolute Gasteiger partial charge is 0.416 e. The molecule has 0 amide bonds. The number of carboxylic acid groups (broad SMARTS) is 1. The molecule has 1 aromatic rings. The number of hydrogen-bond acceptors (Lipinski definition) is 3. The average Bonchev–Trinajstić information content (AvgIpc) is 2.37. The van der Waals surface area contributed by atoms with Crippen LogP contribution < -0.4 is 0 Å². The van der Waals surface area contributed by atoms with Gasteiger partial charge in [0.2, 0.25) is 10.0 Å². The molecule has 0 radical (unpaired) electrons. The van der Waals surface area contributed by atoms with E-state index in [0.717, 1.165) is 22.5 Å². The molecule has 0 saturated heterocycles. The number of rotatable bonds is 6. The van der Waals surface area contributed by atoms with Gasteiger partial charge in [-0.3, -0.25) is 4.79 Å². The maximum absolute atomic E-state index is 12.6. The first kappa shape index (κ1) is 18.4. The van der Waals surface area contributed by atoms with Gasteiger partial charge in [0.15, 0.2) is 0 Å². The minimum atomic E-state index is -4.55. The van der Waals surface area contributed by atoms with E-state index in [1.54, 1.807) is 0 Å². The Hall–Kier alpha value is -1.61. The third kappa shape index (κ3) is 4.99. The van der Waals surface area contributed by atoms with Crippen LogP contribution in [-0.4, -0.2) is 37.4 Å². The Morgan fingerprint density at radius 1 is 1.36 bits per heavy atom. The lowest BCUT2D eigenvalue weighted by atomic mass is 10.1. The number of aliphatic carboxylic acids is 1. The zero-order valence-electron chi connectivity index (χ0n) is 12.0. The van der Waals surface area contributed by atoms with Gasteiger partial charge in [-0.25, -0.2) is 12.7 Å². The van der Waals surface area contributed by atoms with Crippen molar-refractivity contribution in [3.8, 4) is 0 Å². The number of hydrogen-bond donors (Lipinski definition) is 1. The number of alkyl halides is 3. The second-order valence-corrected chi connectivity index (χ2v) is 7.05. The van der Waals surface area contributed by atoms with E-state index >= 15 is 0 Å². The van der Waals surface area contributed by atoms with E-state index in [1.165, 1.54) is 20.0 Å². The molecule has 0 heterocycles. The monoisotopic (exact) mass is 339 g/mol. The van der Waals surface area contributed by atoms with Crippen molar-refractivity contribution in [3.05, 3.63) is 35.4 Å². The highest BCUT2D eigenvalue weighted by molar-refractivity contribution is 7.88. The van der Waals surface area contributed by atoms with Gasteiger partial charge in [0.25, 0.3) is 0 Å². The van der Waals surface area contributed by atoms with Gasteiger partial charge in [-0.1, -0.05) is 25.1 Å². The summed E-state index contributed by atoms with van der Waals surface area (Å²) < 4.78 is 62.8. The van der Waals surface area contributed by atoms with Gasteiger partial charge in [0, 0.05) is 13.6 Å². The predicted molar refractivity (Wildman–Crippen MR) is 73.5 cm³/mol. The lowest BCUT2D eigenvalue weighted by Crippen LogP contribution is -2.34. The van der Waals surface area contributed by atoms with E-state index < -0.39 is 39.4 Å². The molecule has 0 bridgehead atoms. The van der Waals surface area contributed by atoms with Crippen LogP contribution in [0.5, 0.6) is 0 Å². The minimum absolute atomic E-state index is 0.00958. The highest BCUT2D eigenvalue weighted by Gasteiger charge is 2.31. The van der Waals surface area contributed by atoms with Gasteiger partial charge >= 0.3 is 12.1 Å². The normalized spacial score (nSPS) is 14.1. The van der Waals surface area contributed by atoms with Crippen molar-refractivity contribution in [1.82, 2.24) is 4.31 Å². The van der Waals surface area contributed by atoms with Crippen LogP contribution >= 0.6 is 0 Å². The van der Waals surface area contributed by atoms with Crippen LogP contribution in [0, 0.1) is 5.92 Å². The summed E-state index contributed by atoms with van der Waals surface area (Å²) in [5.74, 6) is -2.69. The highest BCUT2D eigenvalue weighted by Crippen LogP contribution is 2.30. The largest absolute Gasteiger partial charge is 0.481 e. The van der Waals surface area contributed by atoms with E-state index in [1.807, 2.05) is 0 Å². The van der Waals surface area contributed by atoms with Crippen molar-refractivity contribution in [2.24, 2.45) is 5.92 Å². The van der Waals surface area contributed by atoms with E-state index in [-0.39, 0.29) is 12.1 Å². The lowest BCUT2D eigenvalue weighted by molar-refractivity contribution is -0.141. The molecule has 1 rings (SSSR count). The summed E-state index contributed by atoms with van der Waals surface area (Å²) in [5, 5.41) is 8.77. The molecule has 1 aromatic carbocycles. The molecule has 22 heavy (non-hydrogen) atoms. The Morgan fingerprint density at radius 3 is 2.45 bits per heavy atom. The van der Waals surface area contributed by atoms with Gasteiger partial charge in [-0.05, 0) is 11.6 Å². The number of nitrogens with zero attached hydrogens (tertiary/aromatic N) is 1. The second kappa shape index (κ2) is 6.66. The Bertz CT molecular complexity index is 643. The van der Waals surface area contributed by atoms with Crippen molar-refractivity contribution in [3.63, 3.8) is 0 Å². The first-order valence-corrected chi connectivity index (χ1v) is 7.87. The maximum Gasteiger partial charge on any atom is 0.416 e. The second-order valence-electron chi connectivity index (χ2n) is 4.97. The molecular weight excluding hydrogens is 323 g/mol. The van der Waals surface area contributed by atoms with Crippen molar-refractivity contribution in [1.29, 1.82) is 0 Å². The third-order valence-electron chi connectivity index (χ3n) is 3.03. The van der Waals surface area contributed by atoms with Crippen LogP contribution in [0.25, 0.3) is 0 Å². The molecule has 5 nitrogen and oxygen atoms in total. The lowest BCUT2D eigenvalue weighted by Gasteiger charge is -2.19. The van der Waals surface area contributed by atoms with Gasteiger partial charge < -0.3 is 5.11 Å². The predicted octanol–water partition coefficient (Wildman–Crippen LogP) is 2.19. The molecule has 0 aliphatic heterocycles. The van der Waals surface area contributed by atoms with Crippen LogP contribution in [0.3, 0.4) is 0 Å². The topological polar surface area (TPSA) is 74.7 Å². The maximum atomic E-state index is 12.6. The van der Waals surface area contributed by atoms with Gasteiger partial charge in [-0.2, -0.15) is 13.2 Å². The zero-order valence-corrected chi connectivity index (χ0v) is 12.8. The molecule has 1 unspecified atom stereocenters. The number of halogens is 3. The Kier molecular flexibility index (Phi) is 5.58. The molecule has 124 valence electrons. The molecule has 1 N–H and O–H groups in total. The summed E-state index contributed by atoms with van der Waals surface area (Å²) in [6.45, 7) is 1.09. The van der Waals surface area contributed by atoms with Crippen LogP contribution in [0.2, 0.25) is 0 Å². The Balaban J connectivity index is 2.91. The van der Waals surface area contributed by atoms with Crippen LogP contribution in [0.1, 0.15) is 18.1 Å². The van der Waals surface area contributed by atoms with Crippen LogP contribution in [-0.2, 0) is 26.7 Å². The molecule has 0 spiro atoms. The van der Waals surface area contributed by atoms with Crippen LogP contribution in [0.4, 0.5) is 13.2 Å². The highest BCUT2D eigenvalue weighted by atomic mass is 32.2. The van der Waals surface area contributed by atoms with Crippen molar-refractivity contribution >= 4 is 16.0 Å². The van der Waals surface area contributed by atoms with Crippen LogP contribution in [0.15, 0.2) is 24.3 Å². The standard InChI is InChI=1S/C13H16F3NO4S/c1-9(12(18)19)7-17(2)22(20,21)8-10-4-3-5-11(6-10)13(14,15)16/h3-6,9H,7-8H2,1-2H3,(H,18,19). The summed E-state index contributed by atoms with van der Waals surface area (Å²) in [6.07, 6.45) is -4.55. The fourth-order valence-corrected chi connectivity index (χ4v) is 3.01. The average molecular weight is 339 g/mol. The molecule has 0 aromatic heterocycles. The molecule has 0 aliphatic rings. The number of sulfonamides is 1. The number of carbonyl (C=O) groups is 1. The van der Waals surface area contributed by atoms with Gasteiger partial charge in [0.05, 0.1) is 17.2 Å². The Morgan fingerprint density at radius 2 is 1.95 bits per heavy atom. The van der Waals surface area contributed by atoms with Crippen molar-refractivity contribution in [2.75, 3.05) is 13.6 Å². The molecule has 1 atom stereocenters. The van der Waals surface area contributed by atoms with Crippen molar-refractivity contribution < 1.29 is 31.5 Å². The third-order valence-corrected chi connectivity index (χ3v) is 4.83. The Labute approximate surface area is 126 Å². The zero-order chi connectivity index (χ0) is 17.1. The summed E-state index contributed by atoms with van der Waals surface area (Å²) >= 11 is 0. The van der Waals surface area contributed by atoms with E-state index in [0.29, 0.717) is 0 Å². The molecular formula is C13H16F3NO4S. The quantitative estimate of drug-likeness (QED) is 0.862. The summed E-state index contributed by atoms with van der Waals surface area (Å²) in [7, 11) is -2.70. The molecule has 0 saturated carbocycles. The fraction of sp³-hybridized carbons (Fsp3) is 0.462. The molecule has 0 aliphatic carbocycles. The summed E-state index contributed by atoms with van der Waals surface area (Å²) in [6, 6.07) is 4.03. The van der Waals surface area contributed by atoms with E-state index in [2.05, 4.69) is 0 Å². The SMILES string of the molecule is CC(CN(C)S(=O)(=O)Cc1cccc(C(F)(F)F)c1)C(=O)O. The molecule has 9 heteroatoms. The van der Waals surface area contributed by atoms with E-state index in [9.17, 15) is 26.4 Å². The van der Waals surface area contributed by atoms with Gasteiger partial charge in [0.1, 0.15) is 0 Å². The first-order valence-electron chi connectivity index (χ1n) is 6.26. The molecule has 0 fully saturated rings. The number of benzene rings is 1. The fourth-order valence-electron chi connectivity index (χ4n) is 1.74. The number of carboxylic acids is 1. The first-order chi connectivity index (χ1) is 9.93. The van der Waals surface area contributed by atoms with E-state index in [4.69, 9.17) is 5.11 Å².